The Kier molecular flexibility index (Phi) is 4.42. The van der Waals surface area contributed by atoms with Crippen molar-refractivity contribution < 1.29 is 8.42 Å². The summed E-state index contributed by atoms with van der Waals surface area (Å²) in [5.41, 5.74) is 0. The predicted octanol–water partition coefficient (Wildman–Crippen LogP) is 1.87. The van der Waals surface area contributed by atoms with Gasteiger partial charge in [0.15, 0.2) is 0 Å². The number of benzene rings is 1. The Labute approximate surface area is 116 Å². The Morgan fingerprint density at radius 3 is 2.61 bits per heavy atom. The summed E-state index contributed by atoms with van der Waals surface area (Å²) < 4.78 is 28.1. The lowest BCUT2D eigenvalue weighted by Crippen LogP contribution is -2.51. The average molecular weight is 333 g/mol. The van der Waals surface area contributed by atoms with Gasteiger partial charge in [0.1, 0.15) is 0 Å². The van der Waals surface area contributed by atoms with E-state index in [4.69, 9.17) is 0 Å². The molecule has 1 fully saturated rings. The molecule has 6 heteroatoms. The second kappa shape index (κ2) is 5.69. The number of piperidine rings is 1. The van der Waals surface area contributed by atoms with Gasteiger partial charge < -0.3 is 5.32 Å². The van der Waals surface area contributed by atoms with Crippen LogP contribution in [0.2, 0.25) is 0 Å². The second-order valence-electron chi connectivity index (χ2n) is 4.57. The van der Waals surface area contributed by atoms with Crippen LogP contribution in [-0.2, 0) is 10.0 Å². The zero-order valence-electron chi connectivity index (χ0n) is 10.2. The monoisotopic (exact) mass is 332 g/mol. The molecule has 0 aromatic heterocycles. The molecule has 0 saturated carbocycles. The number of sulfonamides is 1. The predicted molar refractivity (Wildman–Crippen MR) is 75.0 cm³/mol. The first-order valence-corrected chi connectivity index (χ1v) is 8.28. The highest BCUT2D eigenvalue weighted by Gasteiger charge is 2.26. The molecule has 2 N–H and O–H groups in total. The summed E-state index contributed by atoms with van der Waals surface area (Å²) in [7, 11) is -3.42. The van der Waals surface area contributed by atoms with Gasteiger partial charge in [0.25, 0.3) is 0 Å². The third kappa shape index (κ3) is 3.32. The number of halogens is 1. The molecule has 18 heavy (non-hydrogen) atoms. The summed E-state index contributed by atoms with van der Waals surface area (Å²) in [5.74, 6) is 0. The van der Waals surface area contributed by atoms with Crippen molar-refractivity contribution in [2.75, 3.05) is 6.54 Å². The summed E-state index contributed by atoms with van der Waals surface area (Å²) in [4.78, 5) is 0.309. The summed E-state index contributed by atoms with van der Waals surface area (Å²) in [6.45, 7) is 2.96. The largest absolute Gasteiger partial charge is 0.313 e. The standard InChI is InChI=1S/C12H17BrN2O2S/c1-9-12(3-2-8-14-9)15-18(16,17)11-6-4-10(13)5-7-11/h4-7,9,12,14-15H,2-3,8H2,1H3. The molecule has 0 radical (unpaired) electrons. The van der Waals surface area contributed by atoms with Gasteiger partial charge in [-0.05, 0) is 50.6 Å². The lowest BCUT2D eigenvalue weighted by molar-refractivity contribution is 0.349. The summed E-state index contributed by atoms with van der Waals surface area (Å²) >= 11 is 3.30. The van der Waals surface area contributed by atoms with Crippen molar-refractivity contribution in [1.29, 1.82) is 0 Å². The molecule has 1 saturated heterocycles. The van der Waals surface area contributed by atoms with Crippen LogP contribution in [-0.4, -0.2) is 27.0 Å². The molecule has 2 unspecified atom stereocenters. The maximum atomic E-state index is 12.2. The Balaban J connectivity index is 2.13. The molecule has 1 heterocycles. The molecule has 1 aromatic rings. The van der Waals surface area contributed by atoms with Crippen molar-refractivity contribution in [3.05, 3.63) is 28.7 Å². The van der Waals surface area contributed by atoms with Crippen LogP contribution in [0.5, 0.6) is 0 Å². The van der Waals surface area contributed by atoms with Gasteiger partial charge in [0, 0.05) is 16.6 Å². The number of hydrogen-bond donors (Lipinski definition) is 2. The highest BCUT2D eigenvalue weighted by molar-refractivity contribution is 9.10. The summed E-state index contributed by atoms with van der Waals surface area (Å²) in [6, 6.07) is 6.81. The van der Waals surface area contributed by atoms with E-state index in [1.165, 1.54) is 0 Å². The van der Waals surface area contributed by atoms with E-state index in [0.29, 0.717) is 4.90 Å². The van der Waals surface area contributed by atoms with E-state index >= 15 is 0 Å². The van der Waals surface area contributed by atoms with Crippen molar-refractivity contribution >= 4 is 26.0 Å². The molecular formula is C12H17BrN2O2S. The van der Waals surface area contributed by atoms with Crippen molar-refractivity contribution in [1.82, 2.24) is 10.0 Å². The third-order valence-electron chi connectivity index (χ3n) is 3.19. The third-order valence-corrected chi connectivity index (χ3v) is 5.23. The minimum atomic E-state index is -3.42. The van der Waals surface area contributed by atoms with Crippen LogP contribution in [0.3, 0.4) is 0 Å². The average Bonchev–Trinajstić information content (AvgIpc) is 2.32. The first-order chi connectivity index (χ1) is 8.49. The fourth-order valence-corrected chi connectivity index (χ4v) is 3.70. The SMILES string of the molecule is CC1NCCCC1NS(=O)(=O)c1ccc(Br)cc1. The minimum Gasteiger partial charge on any atom is -0.313 e. The van der Waals surface area contributed by atoms with Gasteiger partial charge in [-0.25, -0.2) is 13.1 Å². The van der Waals surface area contributed by atoms with Crippen LogP contribution >= 0.6 is 15.9 Å². The lowest BCUT2D eigenvalue weighted by atomic mass is 10.0. The zero-order valence-corrected chi connectivity index (χ0v) is 12.6. The van der Waals surface area contributed by atoms with Gasteiger partial charge in [-0.15, -0.1) is 0 Å². The molecule has 1 aromatic carbocycles. The van der Waals surface area contributed by atoms with Crippen molar-refractivity contribution in [2.24, 2.45) is 0 Å². The maximum Gasteiger partial charge on any atom is 0.240 e. The molecule has 0 bridgehead atoms. The highest BCUT2D eigenvalue weighted by atomic mass is 79.9. The second-order valence-corrected chi connectivity index (χ2v) is 7.20. The Morgan fingerprint density at radius 2 is 2.00 bits per heavy atom. The molecule has 0 amide bonds. The molecule has 1 aliphatic heterocycles. The van der Waals surface area contributed by atoms with Crippen LogP contribution in [0.25, 0.3) is 0 Å². The molecule has 2 atom stereocenters. The molecular weight excluding hydrogens is 316 g/mol. The van der Waals surface area contributed by atoms with Gasteiger partial charge in [-0.3, -0.25) is 0 Å². The fourth-order valence-electron chi connectivity index (χ4n) is 2.09. The van der Waals surface area contributed by atoms with E-state index in [9.17, 15) is 8.42 Å². The highest BCUT2D eigenvalue weighted by Crippen LogP contribution is 2.17. The lowest BCUT2D eigenvalue weighted by Gasteiger charge is -2.30. The van der Waals surface area contributed by atoms with Crippen LogP contribution in [0, 0.1) is 0 Å². The molecule has 0 aliphatic carbocycles. The van der Waals surface area contributed by atoms with Gasteiger partial charge in [0.2, 0.25) is 10.0 Å². The summed E-state index contributed by atoms with van der Waals surface area (Å²) in [5, 5.41) is 3.28. The van der Waals surface area contributed by atoms with E-state index < -0.39 is 10.0 Å². The number of hydrogen-bond acceptors (Lipinski definition) is 3. The van der Waals surface area contributed by atoms with E-state index in [0.717, 1.165) is 23.9 Å². The molecule has 1 aliphatic rings. The number of nitrogens with one attached hydrogen (secondary N) is 2. The Morgan fingerprint density at radius 1 is 1.33 bits per heavy atom. The van der Waals surface area contributed by atoms with E-state index in [-0.39, 0.29) is 12.1 Å². The quantitative estimate of drug-likeness (QED) is 0.888. The van der Waals surface area contributed by atoms with Crippen LogP contribution in [0.15, 0.2) is 33.6 Å². The molecule has 100 valence electrons. The molecule has 2 rings (SSSR count). The van der Waals surface area contributed by atoms with Gasteiger partial charge >= 0.3 is 0 Å². The van der Waals surface area contributed by atoms with E-state index in [1.54, 1.807) is 24.3 Å². The normalized spacial score (nSPS) is 25.0. The Hall–Kier alpha value is -0.430. The van der Waals surface area contributed by atoms with Crippen LogP contribution in [0.4, 0.5) is 0 Å². The first-order valence-electron chi connectivity index (χ1n) is 6.00. The van der Waals surface area contributed by atoms with Crippen molar-refractivity contribution in [3.63, 3.8) is 0 Å². The maximum absolute atomic E-state index is 12.2. The molecule has 0 spiro atoms. The van der Waals surface area contributed by atoms with Crippen molar-refractivity contribution in [2.45, 2.75) is 36.7 Å². The van der Waals surface area contributed by atoms with Crippen molar-refractivity contribution in [3.8, 4) is 0 Å². The fraction of sp³-hybridized carbons (Fsp3) is 0.500. The van der Waals surface area contributed by atoms with Crippen LogP contribution < -0.4 is 10.0 Å². The molecule has 4 nitrogen and oxygen atoms in total. The first kappa shape index (κ1) is 14.0. The van der Waals surface area contributed by atoms with Gasteiger partial charge in [0.05, 0.1) is 4.90 Å². The van der Waals surface area contributed by atoms with Gasteiger partial charge in [-0.2, -0.15) is 0 Å². The van der Waals surface area contributed by atoms with Crippen LogP contribution in [0.1, 0.15) is 19.8 Å². The van der Waals surface area contributed by atoms with Gasteiger partial charge in [-0.1, -0.05) is 15.9 Å². The zero-order chi connectivity index (χ0) is 13.2. The van der Waals surface area contributed by atoms with E-state index in [2.05, 4.69) is 26.0 Å². The smallest absolute Gasteiger partial charge is 0.240 e. The minimum absolute atomic E-state index is 0.0348. The topological polar surface area (TPSA) is 58.2 Å². The summed E-state index contributed by atoms with van der Waals surface area (Å²) in [6.07, 6.45) is 1.88. The Bertz CT molecular complexity index is 501. The number of rotatable bonds is 3. The van der Waals surface area contributed by atoms with E-state index in [1.807, 2.05) is 6.92 Å².